The summed E-state index contributed by atoms with van der Waals surface area (Å²) < 4.78 is 36.2. The van der Waals surface area contributed by atoms with Gasteiger partial charge in [-0.2, -0.15) is 0 Å². The van der Waals surface area contributed by atoms with Crippen molar-refractivity contribution in [3.05, 3.63) is 11.6 Å². The van der Waals surface area contributed by atoms with Crippen LogP contribution >= 0.6 is 0 Å². The number of hydrogen-bond acceptors (Lipinski definition) is 16. The number of aliphatic hydroxyl groups is 10. The lowest BCUT2D eigenvalue weighted by Gasteiger charge is -2.66. The molecule has 0 aromatic rings. The smallest absolute Gasteiger partial charge is 0.187 e. The molecule has 18 unspecified atom stereocenters. The molecule has 3 saturated carbocycles. The van der Waals surface area contributed by atoms with Gasteiger partial charge in [0.25, 0.3) is 0 Å². The lowest BCUT2D eigenvalue weighted by atomic mass is 9.38. The van der Waals surface area contributed by atoms with E-state index < -0.39 is 123 Å². The van der Waals surface area contributed by atoms with Crippen molar-refractivity contribution in [2.75, 3.05) is 19.8 Å². The molecule has 16 heteroatoms. The van der Waals surface area contributed by atoms with Crippen molar-refractivity contribution in [2.45, 2.75) is 225 Å². The van der Waals surface area contributed by atoms with E-state index in [2.05, 4.69) is 54.5 Å². The van der Waals surface area contributed by atoms with E-state index in [1.54, 1.807) is 5.57 Å². The molecular formula is C50H86O16. The third kappa shape index (κ3) is 9.15. The maximum Gasteiger partial charge on any atom is 0.187 e. The van der Waals surface area contributed by atoms with Crippen LogP contribution in [-0.2, 0) is 28.4 Å². The zero-order chi connectivity index (χ0) is 48.6. The Kier molecular flexibility index (Phi) is 15.7. The van der Waals surface area contributed by atoms with E-state index >= 15 is 0 Å². The number of aliphatic hydroxyl groups excluding tert-OH is 10. The van der Waals surface area contributed by atoms with E-state index in [4.69, 9.17) is 28.4 Å². The summed E-state index contributed by atoms with van der Waals surface area (Å²) in [6.07, 6.45) is -11.8. The lowest BCUT2D eigenvalue weighted by Crippen LogP contribution is -2.65. The zero-order valence-corrected chi connectivity index (χ0v) is 41.1. The Morgan fingerprint density at radius 1 is 0.667 bits per heavy atom. The molecule has 4 aliphatic carbocycles. The summed E-state index contributed by atoms with van der Waals surface area (Å²) in [5, 5.41) is 106. The van der Waals surface area contributed by atoms with Crippen molar-refractivity contribution in [1.82, 2.24) is 0 Å². The first-order valence-corrected chi connectivity index (χ1v) is 25.0. The first-order chi connectivity index (χ1) is 30.8. The van der Waals surface area contributed by atoms with Gasteiger partial charge in [0.15, 0.2) is 18.9 Å². The van der Waals surface area contributed by atoms with Crippen LogP contribution in [0.2, 0.25) is 0 Å². The van der Waals surface area contributed by atoms with E-state index in [0.717, 1.165) is 19.3 Å². The van der Waals surface area contributed by atoms with E-state index in [9.17, 15) is 51.1 Å². The highest BCUT2D eigenvalue weighted by Crippen LogP contribution is 2.75. The molecule has 0 radical (unpaired) electrons. The highest BCUT2D eigenvalue weighted by molar-refractivity contribution is 5.29. The summed E-state index contributed by atoms with van der Waals surface area (Å²) in [4.78, 5) is 0. The summed E-state index contributed by atoms with van der Waals surface area (Å²) >= 11 is 0. The molecule has 16 nitrogen and oxygen atoms in total. The second kappa shape index (κ2) is 19.6. The Morgan fingerprint density at radius 3 is 1.85 bits per heavy atom. The van der Waals surface area contributed by atoms with Gasteiger partial charge in [-0.3, -0.25) is 0 Å². The lowest BCUT2D eigenvalue weighted by molar-refractivity contribution is -0.379. The number of hydrogen-bond donors (Lipinski definition) is 10. The molecule has 3 saturated heterocycles. The Balaban J connectivity index is 1.09. The number of rotatable bonds is 13. The van der Waals surface area contributed by atoms with Gasteiger partial charge in [0.1, 0.15) is 73.2 Å². The molecule has 0 amide bonds. The van der Waals surface area contributed by atoms with Gasteiger partial charge >= 0.3 is 0 Å². The summed E-state index contributed by atoms with van der Waals surface area (Å²) in [5.41, 5.74) is 2.08. The second-order valence-corrected chi connectivity index (χ2v) is 24.1. The van der Waals surface area contributed by atoms with Crippen molar-refractivity contribution in [1.29, 1.82) is 0 Å². The maximum atomic E-state index is 11.7. The topological polar surface area (TPSA) is 258 Å². The third-order valence-electron chi connectivity index (χ3n) is 19.3. The number of ether oxygens (including phenoxy) is 6. The van der Waals surface area contributed by atoms with Gasteiger partial charge in [-0.25, -0.2) is 0 Å². The largest absolute Gasteiger partial charge is 0.394 e. The van der Waals surface area contributed by atoms with Crippen molar-refractivity contribution in [3.63, 3.8) is 0 Å². The van der Waals surface area contributed by atoms with Crippen LogP contribution in [0.5, 0.6) is 0 Å². The molecule has 0 aromatic carbocycles. The average Bonchev–Trinajstić information content (AvgIpc) is 3.54. The molecule has 6 fully saturated rings. The summed E-state index contributed by atoms with van der Waals surface area (Å²) in [6, 6.07) is 0. The summed E-state index contributed by atoms with van der Waals surface area (Å²) in [6.45, 7) is 21.7. The van der Waals surface area contributed by atoms with Crippen LogP contribution in [0.1, 0.15) is 127 Å². The molecule has 3 aliphatic heterocycles. The normalized spacial score (nSPS) is 50.4. The predicted octanol–water partition coefficient (Wildman–Crippen LogP) is 2.52. The maximum absolute atomic E-state index is 11.7. The minimum atomic E-state index is -1.82. The van der Waals surface area contributed by atoms with Crippen LogP contribution in [0.15, 0.2) is 11.6 Å². The highest BCUT2D eigenvalue weighted by atomic mass is 16.8. The fourth-order valence-corrected chi connectivity index (χ4v) is 14.3. The fraction of sp³-hybridized carbons (Fsp3) is 0.960. The van der Waals surface area contributed by atoms with Crippen molar-refractivity contribution < 1.29 is 79.5 Å². The van der Waals surface area contributed by atoms with Crippen molar-refractivity contribution in [2.24, 2.45) is 56.7 Å². The SMILES string of the molecule is C[C@H](CCC(OC1OC(COC2OC(CO)C(O)C(O)C2O)C(O)C(O)C1OC1OC(CO)C(O)C(O)C1O)C(C)(C)C)[C@H]1CC[C@@]2(C)C3CC=C4C(CC[C@H](C)C4(C)C)[C@]3(C)CC[C@]12C. The second-order valence-electron chi connectivity index (χ2n) is 24.1. The van der Waals surface area contributed by atoms with E-state index in [1.807, 2.05) is 20.8 Å². The first-order valence-electron chi connectivity index (χ1n) is 25.0. The zero-order valence-electron chi connectivity index (χ0n) is 41.1. The van der Waals surface area contributed by atoms with Crippen LogP contribution in [0.25, 0.3) is 0 Å². The van der Waals surface area contributed by atoms with E-state index in [-0.39, 0.29) is 21.7 Å². The van der Waals surface area contributed by atoms with Crippen molar-refractivity contribution in [3.8, 4) is 0 Å². The molecule has 10 N–H and O–H groups in total. The molecule has 0 spiro atoms. The van der Waals surface area contributed by atoms with Gasteiger partial charge in [-0.05, 0) is 114 Å². The van der Waals surface area contributed by atoms with Crippen LogP contribution in [0.3, 0.4) is 0 Å². The predicted molar refractivity (Wildman–Crippen MR) is 240 cm³/mol. The van der Waals surface area contributed by atoms with Crippen molar-refractivity contribution >= 4 is 0 Å². The standard InChI is InChI=1S/C50H86O16/c1-24(26-17-18-50(10)32-15-14-27-28(13-12-25(2)47(27,6)7)48(32,8)19-20-49(26,50)9)11-16-33(46(3,4)5)65-45-42(66-44-41(60)38(57)35(54)30(22-52)63-44)39(58)36(55)31(64-45)23-61-43-40(59)37(56)34(53)29(21-51)62-43/h14,24-26,28-45,51-60H,11-13,15-23H2,1-10H3/t24-,25+,26-,28?,29?,30?,31?,32?,33?,34?,35?,36?,37?,38?,39?,40?,41?,42?,43?,44?,45?,48+,49-,50+/m1/s1. The molecule has 24 atom stereocenters. The number of fused-ring (bicyclic) bond motifs is 5. The highest BCUT2D eigenvalue weighted by Gasteiger charge is 2.67. The van der Waals surface area contributed by atoms with Gasteiger partial charge in [0.05, 0.1) is 25.9 Å². The summed E-state index contributed by atoms with van der Waals surface area (Å²) in [5.74, 6) is 2.78. The molecule has 0 bridgehead atoms. The molecule has 3 heterocycles. The Morgan fingerprint density at radius 2 is 1.24 bits per heavy atom. The minimum absolute atomic E-state index is 0.155. The van der Waals surface area contributed by atoms with Gasteiger partial charge in [-0.1, -0.05) is 80.9 Å². The van der Waals surface area contributed by atoms with Gasteiger partial charge in [-0.15, -0.1) is 0 Å². The van der Waals surface area contributed by atoms with Gasteiger partial charge in [0, 0.05) is 0 Å². The average molecular weight is 943 g/mol. The molecule has 66 heavy (non-hydrogen) atoms. The van der Waals surface area contributed by atoms with Crippen LogP contribution in [0, 0.1) is 56.7 Å². The van der Waals surface area contributed by atoms with E-state index in [1.165, 1.54) is 32.1 Å². The minimum Gasteiger partial charge on any atom is -0.394 e. The Labute approximate surface area is 392 Å². The van der Waals surface area contributed by atoms with Gasteiger partial charge < -0.3 is 79.5 Å². The van der Waals surface area contributed by atoms with Crippen LogP contribution in [0.4, 0.5) is 0 Å². The first kappa shape index (κ1) is 52.9. The van der Waals surface area contributed by atoms with Gasteiger partial charge in [0.2, 0.25) is 0 Å². The third-order valence-corrected chi connectivity index (χ3v) is 19.3. The Hall–Kier alpha value is -0.900. The number of allylic oxidation sites excluding steroid dienone is 2. The molecule has 382 valence electrons. The molecular weight excluding hydrogens is 857 g/mol. The molecule has 0 aromatic heterocycles. The fourth-order valence-electron chi connectivity index (χ4n) is 14.3. The summed E-state index contributed by atoms with van der Waals surface area (Å²) in [7, 11) is 0. The van der Waals surface area contributed by atoms with Crippen LogP contribution in [-0.4, -0.2) is 169 Å². The molecule has 7 rings (SSSR count). The van der Waals surface area contributed by atoms with E-state index in [0.29, 0.717) is 36.0 Å². The van der Waals surface area contributed by atoms with Crippen LogP contribution < -0.4 is 0 Å². The molecule has 7 aliphatic rings. The Bertz CT molecular complexity index is 1670. The quantitative estimate of drug-likeness (QED) is 0.119. The monoisotopic (exact) mass is 943 g/mol.